The summed E-state index contributed by atoms with van der Waals surface area (Å²) >= 11 is 3.65. The Kier molecular flexibility index (Phi) is 10.8. The number of hydrogen-bond acceptors (Lipinski definition) is 2. The predicted octanol–water partition coefficient (Wildman–Crippen LogP) is 8.70. The van der Waals surface area contributed by atoms with Crippen molar-refractivity contribution in [3.63, 3.8) is 0 Å². The van der Waals surface area contributed by atoms with Crippen LogP contribution in [0.25, 0.3) is 9.75 Å². The van der Waals surface area contributed by atoms with Gasteiger partial charge >= 0.3 is 0 Å². The summed E-state index contributed by atoms with van der Waals surface area (Å²) in [6.07, 6.45) is 23.7. The molecule has 2 heteroatoms. The molecule has 0 nitrogen and oxygen atoms in total. The highest BCUT2D eigenvalue weighted by molar-refractivity contribution is 7.22. The largest absolute Gasteiger partial charge is 0.139 e. The van der Waals surface area contributed by atoms with Crippen LogP contribution in [0.2, 0.25) is 0 Å². The molecule has 0 N–H and O–H groups in total. The highest BCUT2D eigenvalue weighted by atomic mass is 32.1. The second kappa shape index (κ2) is 13.2. The molecule has 0 aliphatic rings. The summed E-state index contributed by atoms with van der Waals surface area (Å²) in [6.45, 7) is 2.29. The molecule has 26 heavy (non-hydrogen) atoms. The first-order valence-electron chi connectivity index (χ1n) is 10.5. The third-order valence-electron chi connectivity index (χ3n) is 4.93. The number of unbranched alkanes of at least 4 members (excludes halogenated alkanes) is 11. The molecular weight excluding hydrogens is 352 g/mol. The van der Waals surface area contributed by atoms with Crippen LogP contribution in [0.1, 0.15) is 93.7 Å². The van der Waals surface area contributed by atoms with E-state index in [2.05, 4.69) is 31.0 Å². The lowest BCUT2D eigenvalue weighted by atomic mass is 10.0. The third kappa shape index (κ3) is 8.11. The summed E-state index contributed by atoms with van der Waals surface area (Å²) < 4.78 is 0. The highest BCUT2D eigenvalue weighted by Gasteiger charge is 2.05. The van der Waals surface area contributed by atoms with Crippen molar-refractivity contribution in [3.05, 3.63) is 34.0 Å². The number of terminal acetylenes is 1. The second-order valence-corrected chi connectivity index (χ2v) is 9.47. The first-order valence-corrected chi connectivity index (χ1v) is 12.1. The van der Waals surface area contributed by atoms with Crippen LogP contribution in [-0.2, 0) is 6.42 Å². The van der Waals surface area contributed by atoms with Gasteiger partial charge in [0.05, 0.1) is 4.88 Å². The normalized spacial score (nSPS) is 10.9. The van der Waals surface area contributed by atoms with Crippen molar-refractivity contribution in [1.82, 2.24) is 0 Å². The first-order chi connectivity index (χ1) is 12.8. The van der Waals surface area contributed by atoms with Gasteiger partial charge in [0.1, 0.15) is 0 Å². The molecule has 2 aromatic heterocycles. The zero-order chi connectivity index (χ0) is 18.5. The van der Waals surface area contributed by atoms with Crippen molar-refractivity contribution in [2.75, 3.05) is 0 Å². The van der Waals surface area contributed by atoms with Gasteiger partial charge in [-0.3, -0.25) is 0 Å². The van der Waals surface area contributed by atoms with E-state index in [-0.39, 0.29) is 0 Å². The van der Waals surface area contributed by atoms with Gasteiger partial charge in [0.2, 0.25) is 0 Å². The minimum absolute atomic E-state index is 1.02. The topological polar surface area (TPSA) is 0 Å². The van der Waals surface area contributed by atoms with Crippen LogP contribution >= 0.6 is 22.7 Å². The molecule has 0 saturated heterocycles. The lowest BCUT2D eigenvalue weighted by molar-refractivity contribution is 0.544. The van der Waals surface area contributed by atoms with Crippen molar-refractivity contribution in [1.29, 1.82) is 0 Å². The van der Waals surface area contributed by atoms with Gasteiger partial charge in [0.15, 0.2) is 0 Å². The van der Waals surface area contributed by atoms with E-state index in [9.17, 15) is 0 Å². The maximum Gasteiger partial charge on any atom is 0.0772 e. The molecule has 0 bridgehead atoms. The number of hydrogen-bond donors (Lipinski definition) is 0. The van der Waals surface area contributed by atoms with Gasteiger partial charge in [-0.15, -0.1) is 29.1 Å². The zero-order valence-corrected chi connectivity index (χ0v) is 18.0. The van der Waals surface area contributed by atoms with Crippen LogP contribution in [0, 0.1) is 12.3 Å². The summed E-state index contributed by atoms with van der Waals surface area (Å²) in [7, 11) is 0. The third-order valence-corrected chi connectivity index (χ3v) is 7.29. The Balaban J connectivity index is 1.48. The lowest BCUT2D eigenvalue weighted by Crippen LogP contribution is -1.84. The van der Waals surface area contributed by atoms with Crippen LogP contribution in [0.3, 0.4) is 0 Å². The average Bonchev–Trinajstić information content (AvgIpc) is 3.31. The van der Waals surface area contributed by atoms with E-state index in [1.807, 2.05) is 17.4 Å². The van der Waals surface area contributed by atoms with E-state index < -0.39 is 0 Å². The van der Waals surface area contributed by atoms with Gasteiger partial charge in [0, 0.05) is 14.6 Å². The zero-order valence-electron chi connectivity index (χ0n) is 16.4. The molecule has 0 amide bonds. The maximum absolute atomic E-state index is 5.47. The van der Waals surface area contributed by atoms with E-state index in [0.29, 0.717) is 0 Å². The molecule has 0 unspecified atom stereocenters. The van der Waals surface area contributed by atoms with Crippen LogP contribution in [0.4, 0.5) is 0 Å². The molecule has 142 valence electrons. The number of rotatable bonds is 14. The Bertz CT molecular complexity index is 641. The van der Waals surface area contributed by atoms with Crippen LogP contribution < -0.4 is 0 Å². The van der Waals surface area contributed by atoms with Crippen molar-refractivity contribution in [3.8, 4) is 22.1 Å². The first kappa shape index (κ1) is 21.3. The molecule has 0 aliphatic carbocycles. The number of thiophene rings is 2. The Morgan fingerprint density at radius 1 is 0.692 bits per heavy atom. The summed E-state index contributed by atoms with van der Waals surface area (Å²) in [5, 5.41) is 0. The predicted molar refractivity (Wildman–Crippen MR) is 120 cm³/mol. The second-order valence-electron chi connectivity index (χ2n) is 7.21. The van der Waals surface area contributed by atoms with E-state index in [4.69, 9.17) is 6.42 Å². The van der Waals surface area contributed by atoms with E-state index in [1.165, 1.54) is 98.1 Å². The molecule has 2 heterocycles. The van der Waals surface area contributed by atoms with Crippen LogP contribution in [-0.4, -0.2) is 0 Å². The Morgan fingerprint density at radius 3 is 1.81 bits per heavy atom. The SMILES string of the molecule is C#Cc1ccc(-c2ccc(CCCCCCCCCCCCCC)s2)s1. The van der Waals surface area contributed by atoms with Crippen molar-refractivity contribution >= 4 is 22.7 Å². The molecule has 0 radical (unpaired) electrons. The van der Waals surface area contributed by atoms with Gasteiger partial charge in [-0.25, -0.2) is 0 Å². The summed E-state index contributed by atoms with van der Waals surface area (Å²) in [5.41, 5.74) is 0. The van der Waals surface area contributed by atoms with Gasteiger partial charge in [-0.05, 0) is 37.1 Å². The van der Waals surface area contributed by atoms with Crippen LogP contribution in [0.15, 0.2) is 24.3 Å². The van der Waals surface area contributed by atoms with Crippen molar-refractivity contribution in [2.45, 2.75) is 90.4 Å². The van der Waals surface area contributed by atoms with Crippen molar-refractivity contribution in [2.24, 2.45) is 0 Å². The summed E-state index contributed by atoms with van der Waals surface area (Å²) in [6, 6.07) is 8.75. The van der Waals surface area contributed by atoms with Gasteiger partial charge in [-0.1, -0.05) is 83.5 Å². The summed E-state index contributed by atoms with van der Waals surface area (Å²) in [5.74, 6) is 2.72. The molecular formula is C24H34S2. The lowest BCUT2D eigenvalue weighted by Gasteiger charge is -2.02. The molecule has 0 fully saturated rings. The standard InChI is InChI=1S/C24H34S2/c1-3-5-6-7-8-9-10-11-12-13-14-15-16-22-18-20-24(26-22)23-19-17-21(4-2)25-23/h2,17-20H,3,5-16H2,1H3. The molecule has 2 aromatic rings. The molecule has 0 aromatic carbocycles. The van der Waals surface area contributed by atoms with E-state index in [0.717, 1.165) is 4.88 Å². The fourth-order valence-corrected chi connectivity index (χ4v) is 5.29. The Labute approximate surface area is 169 Å². The molecule has 0 aliphatic heterocycles. The fraction of sp³-hybridized carbons (Fsp3) is 0.583. The Morgan fingerprint density at radius 2 is 1.23 bits per heavy atom. The molecule has 0 spiro atoms. The Hall–Kier alpha value is -1.04. The van der Waals surface area contributed by atoms with Gasteiger partial charge in [0.25, 0.3) is 0 Å². The summed E-state index contributed by atoms with van der Waals surface area (Å²) in [4.78, 5) is 5.22. The molecule has 2 rings (SSSR count). The van der Waals surface area contributed by atoms with Gasteiger partial charge < -0.3 is 0 Å². The van der Waals surface area contributed by atoms with Crippen molar-refractivity contribution < 1.29 is 0 Å². The minimum Gasteiger partial charge on any atom is -0.139 e. The average molecular weight is 387 g/mol. The van der Waals surface area contributed by atoms with E-state index in [1.54, 1.807) is 11.3 Å². The maximum atomic E-state index is 5.47. The molecule has 0 atom stereocenters. The highest BCUT2D eigenvalue weighted by Crippen LogP contribution is 2.33. The quantitative estimate of drug-likeness (QED) is 0.225. The fourth-order valence-electron chi connectivity index (χ4n) is 3.33. The molecule has 0 saturated carbocycles. The van der Waals surface area contributed by atoms with Crippen LogP contribution in [0.5, 0.6) is 0 Å². The minimum atomic E-state index is 1.02. The monoisotopic (exact) mass is 386 g/mol. The smallest absolute Gasteiger partial charge is 0.0772 e. The number of aryl methyl sites for hydroxylation is 1. The van der Waals surface area contributed by atoms with E-state index >= 15 is 0 Å². The van der Waals surface area contributed by atoms with Gasteiger partial charge in [-0.2, -0.15) is 0 Å².